The van der Waals surface area contributed by atoms with E-state index in [-0.39, 0.29) is 11.7 Å². The lowest BCUT2D eigenvalue weighted by molar-refractivity contribution is 0.102. The predicted molar refractivity (Wildman–Crippen MR) is 101 cm³/mol. The molecule has 1 amide bonds. The predicted octanol–water partition coefficient (Wildman–Crippen LogP) is 4.25. The molecule has 2 N–H and O–H groups in total. The summed E-state index contributed by atoms with van der Waals surface area (Å²) in [6.45, 7) is 0. The summed E-state index contributed by atoms with van der Waals surface area (Å²) in [5.41, 5.74) is 1.78. The molecule has 0 radical (unpaired) electrons. The fraction of sp³-hybridized carbons (Fsp3) is 0. The second-order valence-electron chi connectivity index (χ2n) is 5.86. The van der Waals surface area contributed by atoms with Gasteiger partial charge in [-0.15, -0.1) is 0 Å². The van der Waals surface area contributed by atoms with E-state index in [4.69, 9.17) is 0 Å². The standard InChI is InChI=1S/C21H15N3O2/c25-19-7-3-6-16(11-19)20-22-12-18(13-23-20)24-21(26)17-9-8-14-4-1-2-5-15(14)10-17/h1-13,25H,(H,24,26). The fourth-order valence-corrected chi connectivity index (χ4v) is 2.72. The first kappa shape index (κ1) is 15.8. The zero-order valence-corrected chi connectivity index (χ0v) is 13.8. The molecular weight excluding hydrogens is 326 g/mol. The smallest absolute Gasteiger partial charge is 0.255 e. The maximum atomic E-state index is 12.5. The van der Waals surface area contributed by atoms with E-state index in [1.807, 2.05) is 42.5 Å². The molecule has 0 atom stereocenters. The Bertz CT molecular complexity index is 1090. The number of hydrogen-bond acceptors (Lipinski definition) is 4. The van der Waals surface area contributed by atoms with Crippen LogP contribution in [0.15, 0.2) is 79.1 Å². The third-order valence-corrected chi connectivity index (χ3v) is 4.03. The highest BCUT2D eigenvalue weighted by atomic mass is 16.3. The summed E-state index contributed by atoms with van der Waals surface area (Å²) in [7, 11) is 0. The van der Waals surface area contributed by atoms with Crippen LogP contribution in [0.3, 0.4) is 0 Å². The molecule has 5 nitrogen and oxygen atoms in total. The van der Waals surface area contributed by atoms with Crippen molar-refractivity contribution in [2.45, 2.75) is 0 Å². The highest BCUT2D eigenvalue weighted by Crippen LogP contribution is 2.21. The molecule has 4 aromatic rings. The maximum absolute atomic E-state index is 12.5. The van der Waals surface area contributed by atoms with Crippen molar-refractivity contribution >= 4 is 22.4 Å². The summed E-state index contributed by atoms with van der Waals surface area (Å²) >= 11 is 0. The average molecular weight is 341 g/mol. The number of benzene rings is 3. The zero-order valence-electron chi connectivity index (χ0n) is 13.8. The van der Waals surface area contributed by atoms with Crippen LogP contribution in [0.25, 0.3) is 22.2 Å². The van der Waals surface area contributed by atoms with Gasteiger partial charge in [-0.25, -0.2) is 9.97 Å². The van der Waals surface area contributed by atoms with Crippen molar-refractivity contribution in [2.24, 2.45) is 0 Å². The van der Waals surface area contributed by atoms with Crippen LogP contribution in [0.5, 0.6) is 5.75 Å². The molecule has 0 aliphatic rings. The monoisotopic (exact) mass is 341 g/mol. The van der Waals surface area contributed by atoms with Crippen molar-refractivity contribution in [2.75, 3.05) is 5.32 Å². The Kier molecular flexibility index (Phi) is 4.03. The van der Waals surface area contributed by atoms with Gasteiger partial charge in [0, 0.05) is 11.1 Å². The van der Waals surface area contributed by atoms with E-state index in [1.54, 1.807) is 36.7 Å². The molecule has 1 aromatic heterocycles. The molecule has 1 heterocycles. The number of fused-ring (bicyclic) bond motifs is 1. The van der Waals surface area contributed by atoms with Crippen molar-refractivity contribution in [1.29, 1.82) is 0 Å². The lowest BCUT2D eigenvalue weighted by atomic mass is 10.1. The number of aromatic hydroxyl groups is 1. The first-order valence-corrected chi connectivity index (χ1v) is 8.11. The van der Waals surface area contributed by atoms with Gasteiger partial charge in [-0.3, -0.25) is 4.79 Å². The van der Waals surface area contributed by atoms with E-state index in [0.29, 0.717) is 22.6 Å². The minimum atomic E-state index is -0.218. The van der Waals surface area contributed by atoms with Gasteiger partial charge in [-0.1, -0.05) is 42.5 Å². The quantitative estimate of drug-likeness (QED) is 0.584. The highest BCUT2D eigenvalue weighted by molar-refractivity contribution is 6.06. The Morgan fingerprint density at radius 3 is 2.38 bits per heavy atom. The molecule has 3 aromatic carbocycles. The second kappa shape index (κ2) is 6.64. The summed E-state index contributed by atoms with van der Waals surface area (Å²) in [4.78, 5) is 21.0. The number of aromatic nitrogens is 2. The molecule has 126 valence electrons. The van der Waals surface area contributed by atoms with E-state index >= 15 is 0 Å². The van der Waals surface area contributed by atoms with E-state index in [2.05, 4.69) is 15.3 Å². The van der Waals surface area contributed by atoms with E-state index < -0.39 is 0 Å². The van der Waals surface area contributed by atoms with E-state index in [0.717, 1.165) is 10.8 Å². The normalized spacial score (nSPS) is 10.6. The SMILES string of the molecule is O=C(Nc1cnc(-c2cccc(O)c2)nc1)c1ccc2ccccc2c1. The van der Waals surface area contributed by atoms with Gasteiger partial charge in [0.1, 0.15) is 5.75 Å². The Balaban J connectivity index is 1.53. The van der Waals surface area contributed by atoms with Crippen molar-refractivity contribution in [3.63, 3.8) is 0 Å². The molecule has 0 bridgehead atoms. The van der Waals surface area contributed by atoms with Crippen LogP contribution in [0, 0.1) is 0 Å². The summed E-state index contributed by atoms with van der Waals surface area (Å²) in [6.07, 6.45) is 3.09. The van der Waals surface area contributed by atoms with Crippen LogP contribution in [0.4, 0.5) is 5.69 Å². The molecule has 26 heavy (non-hydrogen) atoms. The number of nitrogens with zero attached hydrogens (tertiary/aromatic N) is 2. The number of rotatable bonds is 3. The number of phenols is 1. The van der Waals surface area contributed by atoms with Gasteiger partial charge in [0.25, 0.3) is 5.91 Å². The number of phenolic OH excluding ortho intramolecular Hbond substituents is 1. The molecule has 0 spiro atoms. The maximum Gasteiger partial charge on any atom is 0.255 e. The summed E-state index contributed by atoms with van der Waals surface area (Å²) in [6, 6.07) is 20.2. The van der Waals surface area contributed by atoms with Crippen molar-refractivity contribution in [1.82, 2.24) is 9.97 Å². The second-order valence-corrected chi connectivity index (χ2v) is 5.86. The molecule has 0 fully saturated rings. The summed E-state index contributed by atoms with van der Waals surface area (Å²) in [5.74, 6) is 0.411. The lowest BCUT2D eigenvalue weighted by Crippen LogP contribution is -2.12. The van der Waals surface area contributed by atoms with Crippen molar-refractivity contribution < 1.29 is 9.90 Å². The third kappa shape index (κ3) is 3.23. The molecular formula is C21H15N3O2. The minimum absolute atomic E-state index is 0.153. The molecule has 0 aliphatic heterocycles. The van der Waals surface area contributed by atoms with Crippen molar-refractivity contribution in [3.05, 3.63) is 84.7 Å². The number of nitrogens with one attached hydrogen (secondary N) is 1. The van der Waals surface area contributed by atoms with Gasteiger partial charge in [0.15, 0.2) is 5.82 Å². The Morgan fingerprint density at radius 2 is 1.62 bits per heavy atom. The van der Waals surface area contributed by atoms with Crippen molar-refractivity contribution in [3.8, 4) is 17.1 Å². The number of anilines is 1. The Labute approximate surface area is 150 Å². The molecule has 5 heteroatoms. The number of carbonyl (C=O) groups is 1. The highest BCUT2D eigenvalue weighted by Gasteiger charge is 2.08. The number of carbonyl (C=O) groups excluding carboxylic acids is 1. The van der Waals surface area contributed by atoms with Gasteiger partial charge in [-0.2, -0.15) is 0 Å². The van der Waals surface area contributed by atoms with Crippen LogP contribution < -0.4 is 5.32 Å². The first-order chi connectivity index (χ1) is 12.7. The van der Waals surface area contributed by atoms with Crippen LogP contribution in [-0.2, 0) is 0 Å². The number of hydrogen-bond donors (Lipinski definition) is 2. The summed E-state index contributed by atoms with van der Waals surface area (Å²) in [5, 5.41) is 14.4. The molecule has 4 rings (SSSR count). The van der Waals surface area contributed by atoms with Crippen LogP contribution in [-0.4, -0.2) is 21.0 Å². The first-order valence-electron chi connectivity index (χ1n) is 8.11. The van der Waals surface area contributed by atoms with Crippen LogP contribution >= 0.6 is 0 Å². The zero-order chi connectivity index (χ0) is 17.9. The van der Waals surface area contributed by atoms with E-state index in [1.165, 1.54) is 0 Å². The third-order valence-electron chi connectivity index (χ3n) is 4.03. The fourth-order valence-electron chi connectivity index (χ4n) is 2.72. The van der Waals surface area contributed by atoms with Crippen LogP contribution in [0.1, 0.15) is 10.4 Å². The Morgan fingerprint density at radius 1 is 0.846 bits per heavy atom. The van der Waals surface area contributed by atoms with Gasteiger partial charge in [0.05, 0.1) is 18.1 Å². The topological polar surface area (TPSA) is 75.1 Å². The van der Waals surface area contributed by atoms with E-state index in [9.17, 15) is 9.90 Å². The molecule has 0 aliphatic carbocycles. The summed E-state index contributed by atoms with van der Waals surface area (Å²) < 4.78 is 0. The van der Waals surface area contributed by atoms with Gasteiger partial charge < -0.3 is 10.4 Å². The number of amides is 1. The largest absolute Gasteiger partial charge is 0.508 e. The molecule has 0 saturated carbocycles. The lowest BCUT2D eigenvalue weighted by Gasteiger charge is -2.07. The van der Waals surface area contributed by atoms with Gasteiger partial charge in [-0.05, 0) is 35.0 Å². The van der Waals surface area contributed by atoms with Crippen LogP contribution in [0.2, 0.25) is 0 Å². The molecule has 0 saturated heterocycles. The average Bonchev–Trinajstić information content (AvgIpc) is 2.68. The van der Waals surface area contributed by atoms with Gasteiger partial charge >= 0.3 is 0 Å². The Hall–Kier alpha value is -3.73. The minimum Gasteiger partial charge on any atom is -0.508 e. The molecule has 0 unspecified atom stereocenters. The van der Waals surface area contributed by atoms with Gasteiger partial charge in [0.2, 0.25) is 0 Å².